The highest BCUT2D eigenvalue weighted by atomic mass is 32.2. The molecule has 3 amide bonds. The first-order valence-corrected chi connectivity index (χ1v) is 9.73. The van der Waals surface area contributed by atoms with E-state index in [0.717, 1.165) is 28.0 Å². The first-order valence-electron chi connectivity index (χ1n) is 8.50. The van der Waals surface area contributed by atoms with Gasteiger partial charge < -0.3 is 4.90 Å². The Bertz CT molecular complexity index is 1050. The van der Waals surface area contributed by atoms with Gasteiger partial charge in [0.2, 0.25) is 5.91 Å². The van der Waals surface area contributed by atoms with Crippen LogP contribution in [-0.4, -0.2) is 27.1 Å². The van der Waals surface area contributed by atoms with Crippen LogP contribution in [0.25, 0.3) is 5.57 Å². The van der Waals surface area contributed by atoms with Crippen LogP contribution in [0.1, 0.15) is 18.1 Å². The third-order valence-electron chi connectivity index (χ3n) is 4.37. The van der Waals surface area contributed by atoms with Crippen LogP contribution in [0.2, 0.25) is 0 Å². The molecule has 0 unspecified atom stereocenters. The number of nitrogens with zero attached hydrogens (tertiary/aromatic N) is 2. The number of carbonyl (C=O) groups excluding carboxylic acids is 3. The van der Waals surface area contributed by atoms with Crippen molar-refractivity contribution >= 4 is 57.3 Å². The topological polar surface area (TPSA) is 69.7 Å². The molecular weight excluding hydrogens is 394 g/mol. The monoisotopic (exact) mass is 409 g/mol. The minimum atomic E-state index is -0.495. The van der Waals surface area contributed by atoms with E-state index < -0.39 is 11.8 Å². The molecule has 140 valence electrons. The van der Waals surface area contributed by atoms with Crippen LogP contribution in [0.3, 0.4) is 0 Å². The third-order valence-corrected chi connectivity index (χ3v) is 5.74. The van der Waals surface area contributed by atoms with Crippen molar-refractivity contribution < 1.29 is 14.4 Å². The number of thioether (sulfide) groups is 1. The summed E-state index contributed by atoms with van der Waals surface area (Å²) in [6, 6.07) is 17.0. The van der Waals surface area contributed by atoms with Crippen LogP contribution in [0.15, 0.2) is 59.5 Å². The highest BCUT2D eigenvalue weighted by Crippen LogP contribution is 2.44. The summed E-state index contributed by atoms with van der Waals surface area (Å²) in [7, 11) is 0. The number of benzene rings is 2. The molecule has 0 aliphatic carbocycles. The maximum absolute atomic E-state index is 13.3. The predicted octanol–water partition coefficient (Wildman–Crippen LogP) is 2.86. The highest BCUT2D eigenvalue weighted by molar-refractivity contribution is 8.26. The van der Waals surface area contributed by atoms with E-state index in [1.165, 1.54) is 6.92 Å². The van der Waals surface area contributed by atoms with Gasteiger partial charge in [-0.2, -0.15) is 5.01 Å². The van der Waals surface area contributed by atoms with E-state index in [2.05, 4.69) is 5.43 Å². The van der Waals surface area contributed by atoms with Gasteiger partial charge in [-0.25, -0.2) is 0 Å². The normalized spacial score (nSPS) is 18.7. The number of amides is 3. The van der Waals surface area contributed by atoms with Crippen molar-refractivity contribution in [1.29, 1.82) is 0 Å². The average Bonchev–Trinajstić information content (AvgIpc) is 3.10. The summed E-state index contributed by atoms with van der Waals surface area (Å²) < 4.78 is 0.189. The van der Waals surface area contributed by atoms with E-state index in [1.807, 2.05) is 54.6 Å². The molecule has 28 heavy (non-hydrogen) atoms. The molecule has 2 aliphatic heterocycles. The smallest absolute Gasteiger partial charge is 0.286 e. The van der Waals surface area contributed by atoms with Crippen molar-refractivity contribution in [2.75, 3.05) is 4.90 Å². The van der Waals surface area contributed by atoms with Crippen molar-refractivity contribution in [2.45, 2.75) is 13.5 Å². The number of anilines is 1. The van der Waals surface area contributed by atoms with Crippen LogP contribution in [0.4, 0.5) is 5.69 Å². The standard InChI is InChI=1S/C20H15N3O3S2/c1-12(24)21-23-19(26)17(28-20(23)27)16-14-9-5-6-10-15(14)22(18(16)25)11-13-7-3-2-4-8-13/h2-10H,11H2,1H3,(H,21,24)/b17-16-. The molecule has 1 saturated heterocycles. The second-order valence-corrected chi connectivity index (χ2v) is 7.92. The summed E-state index contributed by atoms with van der Waals surface area (Å²) in [5, 5.41) is 1.01. The fourth-order valence-electron chi connectivity index (χ4n) is 3.20. The molecule has 0 bridgehead atoms. The van der Waals surface area contributed by atoms with Gasteiger partial charge in [-0.3, -0.25) is 19.8 Å². The first kappa shape index (κ1) is 18.4. The minimum Gasteiger partial charge on any atom is -0.303 e. The lowest BCUT2D eigenvalue weighted by Crippen LogP contribution is -2.43. The zero-order valence-electron chi connectivity index (χ0n) is 14.8. The number of hydrogen-bond acceptors (Lipinski definition) is 5. The molecule has 1 fully saturated rings. The van der Waals surface area contributed by atoms with Crippen molar-refractivity contribution in [3.63, 3.8) is 0 Å². The Morgan fingerprint density at radius 2 is 1.71 bits per heavy atom. The Hall–Kier alpha value is -2.97. The molecular formula is C20H15N3O3S2. The number of rotatable bonds is 3. The van der Waals surface area contributed by atoms with Crippen LogP contribution < -0.4 is 10.3 Å². The summed E-state index contributed by atoms with van der Waals surface area (Å²) in [5.74, 6) is -1.16. The second-order valence-electron chi connectivity index (χ2n) is 6.27. The second kappa shape index (κ2) is 7.21. The number of nitrogens with one attached hydrogen (secondary N) is 1. The van der Waals surface area contributed by atoms with Gasteiger partial charge >= 0.3 is 0 Å². The molecule has 4 rings (SSSR count). The van der Waals surface area contributed by atoms with Gasteiger partial charge in [-0.15, -0.1) is 0 Å². The van der Waals surface area contributed by atoms with E-state index in [0.29, 0.717) is 17.7 Å². The van der Waals surface area contributed by atoms with Crippen LogP contribution in [-0.2, 0) is 20.9 Å². The fourth-order valence-corrected chi connectivity index (χ4v) is 4.45. The van der Waals surface area contributed by atoms with Gasteiger partial charge in [0.15, 0.2) is 4.32 Å². The predicted molar refractivity (Wildman–Crippen MR) is 112 cm³/mol. The Morgan fingerprint density at radius 3 is 2.43 bits per heavy atom. The zero-order valence-corrected chi connectivity index (χ0v) is 16.5. The van der Waals surface area contributed by atoms with Gasteiger partial charge in [-0.1, -0.05) is 60.3 Å². The Kier molecular flexibility index (Phi) is 4.74. The molecule has 2 aromatic carbocycles. The minimum absolute atomic E-state index is 0.189. The Labute approximate surface area is 171 Å². The van der Waals surface area contributed by atoms with Gasteiger partial charge in [0, 0.05) is 12.5 Å². The zero-order chi connectivity index (χ0) is 19.8. The van der Waals surface area contributed by atoms with Crippen LogP contribution in [0.5, 0.6) is 0 Å². The molecule has 8 heteroatoms. The fraction of sp³-hybridized carbons (Fsp3) is 0.100. The van der Waals surface area contributed by atoms with Crippen molar-refractivity contribution in [3.05, 3.63) is 70.6 Å². The highest BCUT2D eigenvalue weighted by Gasteiger charge is 2.42. The maximum Gasteiger partial charge on any atom is 0.286 e. The number of hydrogen-bond donors (Lipinski definition) is 1. The largest absolute Gasteiger partial charge is 0.303 e. The number of hydrazine groups is 1. The lowest BCUT2D eigenvalue weighted by molar-refractivity contribution is -0.132. The quantitative estimate of drug-likeness (QED) is 0.624. The summed E-state index contributed by atoms with van der Waals surface area (Å²) in [5.41, 5.74) is 5.14. The lowest BCUT2D eigenvalue weighted by atomic mass is 10.1. The molecule has 0 saturated carbocycles. The molecule has 2 aromatic rings. The average molecular weight is 409 g/mol. The molecule has 2 aliphatic rings. The summed E-state index contributed by atoms with van der Waals surface area (Å²) in [6.45, 7) is 1.69. The van der Waals surface area contributed by atoms with Gasteiger partial charge in [0.05, 0.1) is 22.7 Å². The summed E-state index contributed by atoms with van der Waals surface area (Å²) in [4.78, 5) is 39.4. The van der Waals surface area contributed by atoms with E-state index in [-0.39, 0.29) is 15.1 Å². The molecule has 2 heterocycles. The van der Waals surface area contributed by atoms with Gasteiger partial charge in [0.1, 0.15) is 0 Å². The van der Waals surface area contributed by atoms with E-state index in [1.54, 1.807) is 4.90 Å². The lowest BCUT2D eigenvalue weighted by Gasteiger charge is -2.17. The molecule has 0 radical (unpaired) electrons. The van der Waals surface area contributed by atoms with E-state index in [9.17, 15) is 14.4 Å². The van der Waals surface area contributed by atoms with Crippen molar-refractivity contribution in [3.8, 4) is 0 Å². The number of fused-ring (bicyclic) bond motifs is 1. The first-order chi connectivity index (χ1) is 13.5. The third kappa shape index (κ3) is 3.10. The number of para-hydroxylation sites is 1. The van der Waals surface area contributed by atoms with Crippen LogP contribution >= 0.6 is 24.0 Å². The molecule has 0 spiro atoms. The Morgan fingerprint density at radius 1 is 1.04 bits per heavy atom. The van der Waals surface area contributed by atoms with Crippen molar-refractivity contribution in [1.82, 2.24) is 10.4 Å². The molecule has 6 nitrogen and oxygen atoms in total. The van der Waals surface area contributed by atoms with Gasteiger partial charge in [-0.05, 0) is 23.8 Å². The van der Waals surface area contributed by atoms with E-state index >= 15 is 0 Å². The van der Waals surface area contributed by atoms with Crippen molar-refractivity contribution in [2.24, 2.45) is 0 Å². The van der Waals surface area contributed by atoms with E-state index in [4.69, 9.17) is 12.2 Å². The molecule has 0 aromatic heterocycles. The molecule has 0 atom stereocenters. The van der Waals surface area contributed by atoms with Crippen LogP contribution in [0, 0.1) is 0 Å². The summed E-state index contributed by atoms with van der Waals surface area (Å²) >= 11 is 6.24. The molecule has 1 N–H and O–H groups in total. The SMILES string of the molecule is CC(=O)NN1C(=O)/C(=C2/C(=O)N(Cc3ccccc3)c3ccccc32)SC1=S. The van der Waals surface area contributed by atoms with Gasteiger partial charge in [0.25, 0.3) is 11.8 Å². The number of thiocarbonyl (C=S) groups is 1. The maximum atomic E-state index is 13.3. The Balaban J connectivity index is 1.77. The number of carbonyl (C=O) groups is 3. The summed E-state index contributed by atoms with van der Waals surface area (Å²) in [6.07, 6.45) is 0.